The number of carbonyl (C=O) groups excluding carboxylic acids is 1. The lowest BCUT2D eigenvalue weighted by Gasteiger charge is -2.36. The van der Waals surface area contributed by atoms with E-state index in [0.717, 1.165) is 11.4 Å². The third-order valence-corrected chi connectivity index (χ3v) is 4.57. The summed E-state index contributed by atoms with van der Waals surface area (Å²) in [5.74, 6) is 0.329. The number of hydrazine groups is 1. The van der Waals surface area contributed by atoms with Crippen molar-refractivity contribution in [2.45, 2.75) is 11.7 Å². The molecule has 0 aromatic heterocycles. The van der Waals surface area contributed by atoms with Crippen molar-refractivity contribution in [3.05, 3.63) is 42.7 Å². The van der Waals surface area contributed by atoms with Crippen molar-refractivity contribution >= 4 is 23.4 Å². The Morgan fingerprint density at radius 2 is 2.19 bits per heavy atom. The minimum absolute atomic E-state index is 0.0254. The number of hydrogen-bond donors (Lipinski definition) is 3. The van der Waals surface area contributed by atoms with Crippen molar-refractivity contribution in [3.8, 4) is 0 Å². The highest BCUT2D eigenvalue weighted by atomic mass is 32.2. The van der Waals surface area contributed by atoms with Gasteiger partial charge in [-0.2, -0.15) is 0 Å². The molecule has 2 saturated heterocycles. The summed E-state index contributed by atoms with van der Waals surface area (Å²) in [6.07, 6.45) is 1.65. The zero-order chi connectivity index (χ0) is 14.8. The summed E-state index contributed by atoms with van der Waals surface area (Å²) in [7, 11) is 0. The van der Waals surface area contributed by atoms with Gasteiger partial charge >= 0.3 is 0 Å². The van der Waals surface area contributed by atoms with E-state index in [-0.39, 0.29) is 29.3 Å². The Kier molecular flexibility index (Phi) is 4.14. The predicted octanol–water partition coefficient (Wildman–Crippen LogP) is 1.01. The zero-order valence-corrected chi connectivity index (χ0v) is 12.2. The van der Waals surface area contributed by atoms with Crippen molar-refractivity contribution < 1.29 is 9.18 Å². The van der Waals surface area contributed by atoms with Gasteiger partial charge in [-0.05, 0) is 24.3 Å². The molecule has 3 unspecified atom stereocenters. The molecule has 0 bridgehead atoms. The Bertz CT molecular complexity index is 538. The van der Waals surface area contributed by atoms with Crippen molar-refractivity contribution in [2.24, 2.45) is 5.92 Å². The molecule has 1 aromatic carbocycles. The number of thioether (sulfide) groups is 1. The standard InChI is InChI=1S/C14H17FN4OS/c1-2-7-21-14-17-12-11(13(20)18-14)8-16-19(12)10-5-3-9(15)4-6-10/h2-6,11-12,14,16-17H,1,7-8H2,(H,18,20). The first-order valence-corrected chi connectivity index (χ1v) is 7.81. The number of halogens is 1. The highest BCUT2D eigenvalue weighted by molar-refractivity contribution is 7.99. The number of carbonyl (C=O) groups is 1. The highest BCUT2D eigenvalue weighted by Gasteiger charge is 2.44. The summed E-state index contributed by atoms with van der Waals surface area (Å²) in [5, 5.41) is 8.23. The van der Waals surface area contributed by atoms with E-state index in [1.165, 1.54) is 12.1 Å². The molecule has 0 spiro atoms. The van der Waals surface area contributed by atoms with Crippen LogP contribution < -0.4 is 21.1 Å². The lowest BCUT2D eigenvalue weighted by Crippen LogP contribution is -2.63. The molecule has 21 heavy (non-hydrogen) atoms. The van der Waals surface area contributed by atoms with Gasteiger partial charge in [0.15, 0.2) is 0 Å². The van der Waals surface area contributed by atoms with Crippen LogP contribution >= 0.6 is 11.8 Å². The molecular weight excluding hydrogens is 291 g/mol. The van der Waals surface area contributed by atoms with Crippen LogP contribution in [0.25, 0.3) is 0 Å². The molecule has 0 radical (unpaired) electrons. The van der Waals surface area contributed by atoms with Gasteiger partial charge in [0.1, 0.15) is 17.5 Å². The summed E-state index contributed by atoms with van der Waals surface area (Å²) in [6, 6.07) is 6.23. The summed E-state index contributed by atoms with van der Waals surface area (Å²) in [4.78, 5) is 12.2. The number of fused-ring (bicyclic) bond motifs is 1. The summed E-state index contributed by atoms with van der Waals surface area (Å²) >= 11 is 1.57. The molecular formula is C14H17FN4OS. The van der Waals surface area contributed by atoms with E-state index >= 15 is 0 Å². The third kappa shape index (κ3) is 2.90. The van der Waals surface area contributed by atoms with E-state index in [9.17, 15) is 9.18 Å². The molecule has 2 fully saturated rings. The lowest BCUT2D eigenvalue weighted by molar-refractivity contribution is -0.127. The van der Waals surface area contributed by atoms with Crippen LogP contribution in [0.15, 0.2) is 36.9 Å². The van der Waals surface area contributed by atoms with Gasteiger partial charge in [0.2, 0.25) is 5.91 Å². The van der Waals surface area contributed by atoms with E-state index in [0.29, 0.717) is 6.54 Å². The maximum atomic E-state index is 13.0. The first-order chi connectivity index (χ1) is 10.2. The molecule has 0 aliphatic carbocycles. The van der Waals surface area contributed by atoms with Crippen LogP contribution in [0.4, 0.5) is 10.1 Å². The van der Waals surface area contributed by atoms with Crippen molar-refractivity contribution in [2.75, 3.05) is 17.3 Å². The van der Waals surface area contributed by atoms with Crippen molar-refractivity contribution in [1.29, 1.82) is 0 Å². The van der Waals surface area contributed by atoms with Gasteiger partial charge in [-0.25, -0.2) is 9.82 Å². The maximum absolute atomic E-state index is 13.0. The van der Waals surface area contributed by atoms with E-state index < -0.39 is 0 Å². The number of nitrogens with one attached hydrogen (secondary N) is 3. The molecule has 3 rings (SSSR count). The normalized spacial score (nSPS) is 28.1. The van der Waals surface area contributed by atoms with E-state index in [2.05, 4.69) is 22.6 Å². The van der Waals surface area contributed by atoms with Crippen molar-refractivity contribution in [1.82, 2.24) is 16.1 Å². The van der Waals surface area contributed by atoms with E-state index in [1.807, 2.05) is 5.01 Å². The number of nitrogens with zero attached hydrogens (tertiary/aromatic N) is 1. The monoisotopic (exact) mass is 308 g/mol. The topological polar surface area (TPSA) is 56.4 Å². The molecule has 2 heterocycles. The number of amides is 1. The zero-order valence-electron chi connectivity index (χ0n) is 11.4. The minimum Gasteiger partial charge on any atom is -0.331 e. The van der Waals surface area contributed by atoms with Gasteiger partial charge in [0.25, 0.3) is 0 Å². The number of rotatable bonds is 4. The number of benzene rings is 1. The summed E-state index contributed by atoms with van der Waals surface area (Å²) < 4.78 is 13.0. The van der Waals surface area contributed by atoms with Gasteiger partial charge in [0.05, 0.1) is 11.6 Å². The third-order valence-electron chi connectivity index (χ3n) is 3.56. The molecule has 3 atom stereocenters. The average Bonchev–Trinajstić information content (AvgIpc) is 2.90. The van der Waals surface area contributed by atoms with Gasteiger partial charge in [-0.3, -0.25) is 15.1 Å². The average molecular weight is 308 g/mol. The summed E-state index contributed by atoms with van der Waals surface area (Å²) in [5.41, 5.74) is 3.88. The second-order valence-corrected chi connectivity index (χ2v) is 6.08. The van der Waals surface area contributed by atoms with Crippen LogP contribution in [0.5, 0.6) is 0 Å². The number of anilines is 1. The van der Waals surface area contributed by atoms with Gasteiger partial charge < -0.3 is 5.32 Å². The molecule has 2 aliphatic rings. The first-order valence-electron chi connectivity index (χ1n) is 6.76. The van der Waals surface area contributed by atoms with Gasteiger partial charge in [0, 0.05) is 12.3 Å². The van der Waals surface area contributed by atoms with Crippen LogP contribution in [0.2, 0.25) is 0 Å². The molecule has 112 valence electrons. The fourth-order valence-corrected chi connectivity index (χ4v) is 3.32. The predicted molar refractivity (Wildman–Crippen MR) is 81.9 cm³/mol. The smallest absolute Gasteiger partial charge is 0.229 e. The molecule has 3 N–H and O–H groups in total. The van der Waals surface area contributed by atoms with Crippen molar-refractivity contribution in [3.63, 3.8) is 0 Å². The molecule has 1 amide bonds. The number of hydrogen-bond acceptors (Lipinski definition) is 5. The van der Waals surface area contributed by atoms with Gasteiger partial charge in [-0.15, -0.1) is 18.3 Å². The fourth-order valence-electron chi connectivity index (χ4n) is 2.55. The molecule has 7 heteroatoms. The maximum Gasteiger partial charge on any atom is 0.229 e. The Balaban J connectivity index is 1.77. The van der Waals surface area contributed by atoms with Crippen LogP contribution in [-0.4, -0.2) is 29.9 Å². The van der Waals surface area contributed by atoms with E-state index in [1.54, 1.807) is 30.0 Å². The van der Waals surface area contributed by atoms with E-state index in [4.69, 9.17) is 0 Å². The molecule has 2 aliphatic heterocycles. The molecule has 1 aromatic rings. The van der Waals surface area contributed by atoms with Gasteiger partial charge in [-0.1, -0.05) is 6.08 Å². The lowest BCUT2D eigenvalue weighted by atomic mass is 10.1. The molecule has 5 nitrogen and oxygen atoms in total. The quantitative estimate of drug-likeness (QED) is 0.725. The van der Waals surface area contributed by atoms with Crippen LogP contribution in [0.3, 0.4) is 0 Å². The largest absolute Gasteiger partial charge is 0.331 e. The Labute approximate surface area is 126 Å². The highest BCUT2D eigenvalue weighted by Crippen LogP contribution is 2.26. The summed E-state index contributed by atoms with van der Waals surface area (Å²) in [6.45, 7) is 4.24. The SMILES string of the molecule is C=CCSC1NC(=O)C2CNN(c3ccc(F)cc3)C2N1. The van der Waals surface area contributed by atoms with Crippen LogP contribution in [0.1, 0.15) is 0 Å². The van der Waals surface area contributed by atoms with Crippen LogP contribution in [-0.2, 0) is 4.79 Å². The Hall–Kier alpha value is -1.57. The second-order valence-electron chi connectivity index (χ2n) is 4.94. The Morgan fingerprint density at radius 3 is 2.90 bits per heavy atom. The fraction of sp³-hybridized carbons (Fsp3) is 0.357. The minimum atomic E-state index is -0.275. The second kappa shape index (κ2) is 6.05. The first kappa shape index (κ1) is 14.4. The molecule has 0 saturated carbocycles. The Morgan fingerprint density at radius 1 is 1.43 bits per heavy atom. The van der Waals surface area contributed by atoms with Crippen LogP contribution in [0, 0.1) is 11.7 Å².